The fourth-order valence-corrected chi connectivity index (χ4v) is 3.95. The van der Waals surface area contributed by atoms with E-state index in [2.05, 4.69) is 5.32 Å². The van der Waals surface area contributed by atoms with Crippen LogP contribution in [0.4, 0.5) is 4.79 Å². The smallest absolute Gasteiger partial charge is 0.411 e. The first kappa shape index (κ1) is 27.7. The molecule has 1 saturated heterocycles. The van der Waals surface area contributed by atoms with E-state index in [1.165, 1.54) is 18.9 Å². The molecule has 0 aromatic carbocycles. The molecule has 9 nitrogen and oxygen atoms in total. The number of carbonyl (C=O) groups excluding carboxylic acids is 4. The van der Waals surface area contributed by atoms with Gasteiger partial charge in [-0.1, -0.05) is 13.8 Å². The number of esters is 2. The highest BCUT2D eigenvalue weighted by Gasteiger charge is 2.55. The standard InChI is InChI=1S/C23H40N2O7/c1-13(2)11-16(24-14(3)26)18-15(19(27)30-10)12-17(20(28)31-22(4,5)6)25(18)21(29)32-23(7,8)9/h13,15-18H,11-12H2,1-10H3,(H,24,26)/t15-,16+,17-,18-/m1/s1. The third-order valence-corrected chi connectivity index (χ3v) is 4.86. The highest BCUT2D eigenvalue weighted by atomic mass is 16.6. The van der Waals surface area contributed by atoms with Crippen molar-refractivity contribution >= 4 is 23.9 Å². The van der Waals surface area contributed by atoms with Gasteiger partial charge in [0.25, 0.3) is 0 Å². The van der Waals surface area contributed by atoms with Crippen molar-refractivity contribution in [2.24, 2.45) is 11.8 Å². The molecule has 0 aromatic heterocycles. The van der Waals surface area contributed by atoms with Gasteiger partial charge in [-0.15, -0.1) is 0 Å². The van der Waals surface area contributed by atoms with Gasteiger partial charge in [-0.05, 0) is 60.3 Å². The van der Waals surface area contributed by atoms with Crippen LogP contribution >= 0.6 is 0 Å². The topological polar surface area (TPSA) is 111 Å². The molecule has 0 spiro atoms. The minimum Gasteiger partial charge on any atom is -0.469 e. The zero-order valence-electron chi connectivity index (χ0n) is 21.1. The van der Waals surface area contributed by atoms with Crippen LogP contribution < -0.4 is 5.32 Å². The lowest BCUT2D eigenvalue weighted by Crippen LogP contribution is -2.57. The molecule has 0 bridgehead atoms. The zero-order chi connectivity index (χ0) is 25.0. The van der Waals surface area contributed by atoms with Gasteiger partial charge < -0.3 is 19.5 Å². The first-order valence-electron chi connectivity index (χ1n) is 11.1. The van der Waals surface area contributed by atoms with Crippen LogP contribution in [-0.4, -0.2) is 65.3 Å². The number of hydrogen-bond donors (Lipinski definition) is 1. The molecule has 0 aromatic rings. The Morgan fingerprint density at radius 1 is 0.969 bits per heavy atom. The summed E-state index contributed by atoms with van der Waals surface area (Å²) in [5.41, 5.74) is -1.62. The molecule has 1 N–H and O–H groups in total. The number of nitrogens with zero attached hydrogens (tertiary/aromatic N) is 1. The lowest BCUT2D eigenvalue weighted by atomic mass is 9.88. The molecule has 32 heavy (non-hydrogen) atoms. The van der Waals surface area contributed by atoms with Gasteiger partial charge in [-0.2, -0.15) is 0 Å². The third kappa shape index (κ3) is 7.98. The van der Waals surface area contributed by atoms with Crippen molar-refractivity contribution in [1.82, 2.24) is 10.2 Å². The maximum Gasteiger partial charge on any atom is 0.411 e. The maximum atomic E-state index is 13.3. The lowest BCUT2D eigenvalue weighted by Gasteiger charge is -2.37. The van der Waals surface area contributed by atoms with E-state index < -0.39 is 53.3 Å². The molecular formula is C23H40N2O7. The summed E-state index contributed by atoms with van der Waals surface area (Å²) in [6, 6.07) is -2.47. The predicted octanol–water partition coefficient (Wildman–Crippen LogP) is 3.05. The van der Waals surface area contributed by atoms with Crippen LogP contribution in [0.5, 0.6) is 0 Å². The quantitative estimate of drug-likeness (QED) is 0.483. The van der Waals surface area contributed by atoms with E-state index in [1.54, 1.807) is 41.5 Å². The Labute approximate surface area is 191 Å². The van der Waals surface area contributed by atoms with Gasteiger partial charge in [0.15, 0.2) is 0 Å². The molecule has 0 radical (unpaired) electrons. The summed E-state index contributed by atoms with van der Waals surface area (Å²) in [7, 11) is 1.26. The predicted molar refractivity (Wildman–Crippen MR) is 119 cm³/mol. The van der Waals surface area contributed by atoms with Gasteiger partial charge in [-0.3, -0.25) is 14.5 Å². The average Bonchev–Trinajstić information content (AvgIpc) is 2.97. The Hall–Kier alpha value is -2.32. The summed E-state index contributed by atoms with van der Waals surface area (Å²) in [6.45, 7) is 15.7. The first-order valence-corrected chi connectivity index (χ1v) is 11.1. The van der Waals surface area contributed by atoms with Gasteiger partial charge >= 0.3 is 18.0 Å². The van der Waals surface area contributed by atoms with E-state index >= 15 is 0 Å². The molecule has 9 heteroatoms. The van der Waals surface area contributed by atoms with E-state index in [-0.39, 0.29) is 18.2 Å². The van der Waals surface area contributed by atoms with Crippen LogP contribution in [0.25, 0.3) is 0 Å². The SMILES string of the molecule is COC(=O)[C@@H]1C[C@H](C(=O)OC(C)(C)C)N(C(=O)OC(C)(C)C)[C@H]1[C@H](CC(C)C)NC(C)=O. The second-order valence-corrected chi connectivity index (χ2v) is 10.7. The molecule has 1 rings (SSSR count). The first-order chi connectivity index (χ1) is 14.5. The average molecular weight is 457 g/mol. The number of likely N-dealkylation sites (tertiary alicyclic amines) is 1. The Kier molecular flexibility index (Phi) is 9.12. The number of carbonyl (C=O) groups is 4. The van der Waals surface area contributed by atoms with Crippen molar-refractivity contribution in [2.45, 2.75) is 104 Å². The van der Waals surface area contributed by atoms with Crippen LogP contribution in [0.15, 0.2) is 0 Å². The van der Waals surface area contributed by atoms with Crippen LogP contribution in [0, 0.1) is 11.8 Å². The van der Waals surface area contributed by atoms with Crippen molar-refractivity contribution in [3.05, 3.63) is 0 Å². The number of nitrogens with one attached hydrogen (secondary N) is 1. The molecule has 2 amide bonds. The molecule has 1 aliphatic heterocycles. The molecule has 0 aliphatic carbocycles. The van der Waals surface area contributed by atoms with E-state index in [4.69, 9.17) is 14.2 Å². The molecule has 1 heterocycles. The van der Waals surface area contributed by atoms with Crippen LogP contribution in [-0.2, 0) is 28.6 Å². The number of hydrogen-bond acceptors (Lipinski definition) is 7. The molecule has 1 aliphatic rings. The van der Waals surface area contributed by atoms with Crippen LogP contribution in [0.3, 0.4) is 0 Å². The van der Waals surface area contributed by atoms with E-state index in [9.17, 15) is 19.2 Å². The van der Waals surface area contributed by atoms with Crippen molar-refractivity contribution in [3.63, 3.8) is 0 Å². The lowest BCUT2D eigenvalue weighted by molar-refractivity contribution is -0.160. The summed E-state index contributed by atoms with van der Waals surface area (Å²) < 4.78 is 16.2. The molecule has 0 saturated carbocycles. The largest absolute Gasteiger partial charge is 0.469 e. The zero-order valence-corrected chi connectivity index (χ0v) is 21.1. The Bertz CT molecular complexity index is 706. The van der Waals surface area contributed by atoms with E-state index in [0.29, 0.717) is 6.42 Å². The number of ether oxygens (including phenoxy) is 3. The van der Waals surface area contributed by atoms with Gasteiger partial charge in [0.05, 0.1) is 25.1 Å². The van der Waals surface area contributed by atoms with Gasteiger partial charge in [0.1, 0.15) is 17.2 Å². The molecule has 4 atom stereocenters. The Balaban J connectivity index is 3.57. The minimum absolute atomic E-state index is 0.0136. The van der Waals surface area contributed by atoms with Crippen LogP contribution in [0.1, 0.15) is 75.2 Å². The second-order valence-electron chi connectivity index (χ2n) is 10.7. The number of methoxy groups -OCH3 is 1. The summed E-state index contributed by atoms with van der Waals surface area (Å²) >= 11 is 0. The number of amides is 2. The summed E-state index contributed by atoms with van der Waals surface area (Å²) in [6.07, 6.45) is -0.249. The van der Waals surface area contributed by atoms with Crippen molar-refractivity contribution in [3.8, 4) is 0 Å². The minimum atomic E-state index is -1.05. The van der Waals surface area contributed by atoms with Crippen molar-refractivity contribution in [1.29, 1.82) is 0 Å². The Morgan fingerprint density at radius 3 is 1.91 bits per heavy atom. The fourth-order valence-electron chi connectivity index (χ4n) is 3.95. The highest BCUT2D eigenvalue weighted by Crippen LogP contribution is 2.37. The van der Waals surface area contributed by atoms with Crippen molar-refractivity contribution < 1.29 is 33.4 Å². The molecular weight excluding hydrogens is 416 g/mol. The monoisotopic (exact) mass is 456 g/mol. The maximum absolute atomic E-state index is 13.3. The molecule has 184 valence electrons. The Morgan fingerprint density at radius 2 is 1.50 bits per heavy atom. The van der Waals surface area contributed by atoms with Gasteiger partial charge in [0, 0.05) is 6.92 Å². The third-order valence-electron chi connectivity index (χ3n) is 4.86. The summed E-state index contributed by atoms with van der Waals surface area (Å²) in [4.78, 5) is 52.4. The highest BCUT2D eigenvalue weighted by molar-refractivity contribution is 5.86. The molecule has 0 unspecified atom stereocenters. The van der Waals surface area contributed by atoms with E-state index in [0.717, 1.165) is 0 Å². The molecule has 1 fully saturated rings. The number of rotatable bonds is 6. The van der Waals surface area contributed by atoms with Gasteiger partial charge in [-0.25, -0.2) is 9.59 Å². The van der Waals surface area contributed by atoms with Crippen LogP contribution in [0.2, 0.25) is 0 Å². The summed E-state index contributed by atoms with van der Waals surface area (Å²) in [5, 5.41) is 2.87. The summed E-state index contributed by atoms with van der Waals surface area (Å²) in [5.74, 6) is -2.18. The second kappa shape index (κ2) is 10.5. The normalized spacial score (nSPS) is 22.3. The van der Waals surface area contributed by atoms with E-state index in [1.807, 2.05) is 13.8 Å². The fraction of sp³-hybridized carbons (Fsp3) is 0.826. The van der Waals surface area contributed by atoms with Gasteiger partial charge in [0.2, 0.25) is 5.91 Å². The van der Waals surface area contributed by atoms with Crippen molar-refractivity contribution in [2.75, 3.05) is 7.11 Å².